The van der Waals surface area contributed by atoms with Crippen LogP contribution in [0, 0.1) is 5.92 Å². The van der Waals surface area contributed by atoms with Gasteiger partial charge in [-0.3, -0.25) is 4.90 Å². The molecule has 0 unspecified atom stereocenters. The third kappa shape index (κ3) is 5.80. The highest BCUT2D eigenvalue weighted by atomic mass is 32.2. The summed E-state index contributed by atoms with van der Waals surface area (Å²) in [7, 11) is -1.62. The molecule has 0 aliphatic heterocycles. The van der Waals surface area contributed by atoms with E-state index in [1.807, 2.05) is 25.8 Å². The second kappa shape index (κ2) is 8.02. The summed E-state index contributed by atoms with van der Waals surface area (Å²) >= 11 is 0. The van der Waals surface area contributed by atoms with Crippen molar-refractivity contribution in [2.24, 2.45) is 5.92 Å². The lowest BCUT2D eigenvalue weighted by Crippen LogP contribution is -2.22. The topological polar surface area (TPSA) is 55.2 Å². The summed E-state index contributed by atoms with van der Waals surface area (Å²) in [5, 5.41) is 0.0362. The van der Waals surface area contributed by atoms with E-state index in [4.69, 9.17) is 0 Å². The first kappa shape index (κ1) is 21.4. The second-order valence-corrected chi connectivity index (χ2v) is 9.09. The number of halogens is 3. The minimum Gasteiger partial charge on any atom is -0.317 e. The van der Waals surface area contributed by atoms with Crippen molar-refractivity contribution >= 4 is 9.84 Å². The molecule has 0 atom stereocenters. The molecule has 1 aromatic heterocycles. The van der Waals surface area contributed by atoms with E-state index in [1.54, 1.807) is 10.8 Å². The van der Waals surface area contributed by atoms with E-state index in [9.17, 15) is 21.6 Å². The van der Waals surface area contributed by atoms with Crippen LogP contribution in [0.15, 0.2) is 35.6 Å². The van der Waals surface area contributed by atoms with E-state index >= 15 is 0 Å². The second-order valence-electron chi connectivity index (χ2n) is 7.18. The molecular formula is C18H24F3N3O2S. The van der Waals surface area contributed by atoms with Gasteiger partial charge in [-0.25, -0.2) is 13.4 Å². The molecule has 0 bridgehead atoms. The van der Waals surface area contributed by atoms with E-state index in [0.29, 0.717) is 19.6 Å². The SMILES string of the molecule is CC(C)Cn1c(CN(C)Cc2ccc(C(F)(F)F)cc2)cnc1S(C)(=O)=O. The number of rotatable bonds is 7. The number of aromatic nitrogens is 2. The molecule has 0 spiro atoms. The molecule has 0 saturated carbocycles. The summed E-state index contributed by atoms with van der Waals surface area (Å²) in [6.45, 7) is 5.35. The van der Waals surface area contributed by atoms with E-state index < -0.39 is 21.6 Å². The number of sulfone groups is 1. The minimum atomic E-state index is -4.35. The Balaban J connectivity index is 2.16. The fourth-order valence-corrected chi connectivity index (χ4v) is 3.65. The van der Waals surface area contributed by atoms with Crippen LogP contribution in [0.25, 0.3) is 0 Å². The highest BCUT2D eigenvalue weighted by Crippen LogP contribution is 2.29. The summed E-state index contributed by atoms with van der Waals surface area (Å²) < 4.78 is 63.5. The van der Waals surface area contributed by atoms with Gasteiger partial charge in [0.25, 0.3) is 0 Å². The maximum Gasteiger partial charge on any atom is 0.416 e. The molecule has 0 fully saturated rings. The molecule has 0 aliphatic carbocycles. The molecule has 0 aliphatic rings. The highest BCUT2D eigenvalue weighted by Gasteiger charge is 2.30. The summed E-state index contributed by atoms with van der Waals surface area (Å²) in [6, 6.07) is 5.03. The lowest BCUT2D eigenvalue weighted by Gasteiger charge is -2.19. The Morgan fingerprint density at radius 2 is 1.74 bits per heavy atom. The molecular weight excluding hydrogens is 379 g/mol. The number of nitrogens with zero attached hydrogens (tertiary/aromatic N) is 3. The molecule has 0 radical (unpaired) electrons. The quantitative estimate of drug-likeness (QED) is 0.709. The number of imidazole rings is 1. The average molecular weight is 403 g/mol. The van der Waals surface area contributed by atoms with E-state index in [1.165, 1.54) is 12.1 Å². The van der Waals surface area contributed by atoms with Crippen molar-refractivity contribution in [3.63, 3.8) is 0 Å². The van der Waals surface area contributed by atoms with Gasteiger partial charge in [-0.1, -0.05) is 26.0 Å². The van der Waals surface area contributed by atoms with Crippen molar-refractivity contribution in [2.75, 3.05) is 13.3 Å². The van der Waals surface area contributed by atoms with Crippen molar-refractivity contribution in [3.8, 4) is 0 Å². The van der Waals surface area contributed by atoms with Crippen LogP contribution in [0.1, 0.15) is 30.7 Å². The van der Waals surface area contributed by atoms with Crippen LogP contribution in [-0.2, 0) is 35.6 Å². The first-order chi connectivity index (χ1) is 12.4. The van der Waals surface area contributed by atoms with Crippen LogP contribution in [0.5, 0.6) is 0 Å². The number of benzene rings is 1. The fraction of sp³-hybridized carbons (Fsp3) is 0.500. The van der Waals surface area contributed by atoms with Crippen LogP contribution in [0.3, 0.4) is 0 Å². The maximum absolute atomic E-state index is 12.6. The van der Waals surface area contributed by atoms with Crippen LogP contribution < -0.4 is 0 Å². The van der Waals surface area contributed by atoms with Crippen molar-refractivity contribution < 1.29 is 21.6 Å². The molecule has 0 N–H and O–H groups in total. The zero-order valence-corrected chi connectivity index (χ0v) is 16.6. The van der Waals surface area contributed by atoms with Crippen LogP contribution in [0.4, 0.5) is 13.2 Å². The molecule has 5 nitrogen and oxygen atoms in total. The summed E-state index contributed by atoms with van der Waals surface area (Å²) in [5.74, 6) is 0.235. The smallest absolute Gasteiger partial charge is 0.317 e. The van der Waals surface area contributed by atoms with Gasteiger partial charge >= 0.3 is 6.18 Å². The average Bonchev–Trinajstić information content (AvgIpc) is 2.88. The van der Waals surface area contributed by atoms with Gasteiger partial charge in [0.1, 0.15) is 0 Å². The van der Waals surface area contributed by atoms with Crippen molar-refractivity contribution in [3.05, 3.63) is 47.3 Å². The number of hydrogen-bond donors (Lipinski definition) is 0. The van der Waals surface area contributed by atoms with E-state index in [2.05, 4.69) is 4.98 Å². The summed E-state index contributed by atoms with van der Waals surface area (Å²) in [4.78, 5) is 5.97. The fourth-order valence-electron chi connectivity index (χ4n) is 2.82. The molecule has 9 heteroatoms. The molecule has 150 valence electrons. The Morgan fingerprint density at radius 1 is 1.15 bits per heavy atom. The van der Waals surface area contributed by atoms with Crippen LogP contribution in [0.2, 0.25) is 0 Å². The molecule has 0 amide bonds. The third-order valence-corrected chi connectivity index (χ3v) is 4.94. The van der Waals surface area contributed by atoms with Crippen LogP contribution in [-0.4, -0.2) is 36.2 Å². The number of alkyl halides is 3. The standard InChI is InChI=1S/C18H24F3N3O2S/c1-13(2)10-24-16(9-22-17(24)27(4,25)26)12-23(3)11-14-5-7-15(8-6-14)18(19,20)21/h5-9,13H,10-12H2,1-4H3. The Bertz CT molecular complexity index is 872. The van der Waals surface area contributed by atoms with Crippen molar-refractivity contribution in [1.82, 2.24) is 14.5 Å². The Labute approximate surface area is 157 Å². The first-order valence-corrected chi connectivity index (χ1v) is 10.4. The Morgan fingerprint density at radius 3 is 2.22 bits per heavy atom. The molecule has 27 heavy (non-hydrogen) atoms. The summed E-state index contributed by atoms with van der Waals surface area (Å²) in [6.07, 6.45) is -1.68. The van der Waals surface area contributed by atoms with Crippen molar-refractivity contribution in [2.45, 2.75) is 44.8 Å². The minimum absolute atomic E-state index is 0.0362. The van der Waals surface area contributed by atoms with Gasteiger partial charge in [-0.05, 0) is 30.7 Å². The molecule has 1 aromatic carbocycles. The predicted octanol–water partition coefficient (Wildman–Crippen LogP) is 3.59. The molecule has 0 saturated heterocycles. The lowest BCUT2D eigenvalue weighted by molar-refractivity contribution is -0.137. The van der Waals surface area contributed by atoms with Gasteiger partial charge in [0.2, 0.25) is 15.0 Å². The Kier molecular flexibility index (Phi) is 6.36. The van der Waals surface area contributed by atoms with Gasteiger partial charge in [-0.2, -0.15) is 13.2 Å². The molecule has 1 heterocycles. The van der Waals surface area contributed by atoms with E-state index in [-0.39, 0.29) is 11.1 Å². The monoisotopic (exact) mass is 403 g/mol. The number of hydrogen-bond acceptors (Lipinski definition) is 4. The summed E-state index contributed by atoms with van der Waals surface area (Å²) in [5.41, 5.74) is 0.809. The van der Waals surface area contributed by atoms with Gasteiger partial charge in [0, 0.05) is 25.9 Å². The molecule has 2 aromatic rings. The van der Waals surface area contributed by atoms with Gasteiger partial charge in [0.05, 0.1) is 17.5 Å². The maximum atomic E-state index is 12.6. The highest BCUT2D eigenvalue weighted by molar-refractivity contribution is 7.90. The largest absolute Gasteiger partial charge is 0.416 e. The van der Waals surface area contributed by atoms with E-state index in [0.717, 1.165) is 29.6 Å². The van der Waals surface area contributed by atoms with Gasteiger partial charge in [-0.15, -0.1) is 0 Å². The normalized spacial score (nSPS) is 12.9. The van der Waals surface area contributed by atoms with Crippen molar-refractivity contribution in [1.29, 1.82) is 0 Å². The first-order valence-electron chi connectivity index (χ1n) is 8.47. The lowest BCUT2D eigenvalue weighted by atomic mass is 10.1. The zero-order chi connectivity index (χ0) is 20.4. The van der Waals surface area contributed by atoms with Gasteiger partial charge in [0.15, 0.2) is 0 Å². The van der Waals surface area contributed by atoms with Gasteiger partial charge < -0.3 is 4.57 Å². The zero-order valence-electron chi connectivity index (χ0n) is 15.8. The third-order valence-electron chi connectivity index (χ3n) is 3.95. The predicted molar refractivity (Wildman–Crippen MR) is 96.8 cm³/mol. The molecule has 2 rings (SSSR count). The Hall–Kier alpha value is -1.87. The van der Waals surface area contributed by atoms with Crippen LogP contribution >= 0.6 is 0 Å².